The van der Waals surface area contributed by atoms with E-state index in [0.717, 1.165) is 18.4 Å². The molecule has 6 heteroatoms. The zero-order valence-corrected chi connectivity index (χ0v) is 17.9. The number of amides is 1. The summed E-state index contributed by atoms with van der Waals surface area (Å²) >= 11 is 0. The summed E-state index contributed by atoms with van der Waals surface area (Å²) in [6.07, 6.45) is -0.0965. The van der Waals surface area contributed by atoms with Crippen molar-refractivity contribution < 1.29 is 24.2 Å². The molecule has 0 aromatic heterocycles. The number of Topliss-reactive ketones (excluding diaryl/α,β-unsaturated/α-hetero) is 1. The number of aliphatic hydroxyl groups is 1. The Morgan fingerprint density at radius 2 is 1.80 bits per heavy atom. The maximum absolute atomic E-state index is 13.1. The summed E-state index contributed by atoms with van der Waals surface area (Å²) in [5, 5.41) is 10.6. The first-order valence-corrected chi connectivity index (χ1v) is 10.2. The van der Waals surface area contributed by atoms with Crippen LogP contribution in [0.25, 0.3) is 0 Å². The average molecular weight is 411 g/mol. The van der Waals surface area contributed by atoms with Gasteiger partial charge in [-0.2, -0.15) is 0 Å². The second-order valence-electron chi connectivity index (χ2n) is 8.44. The predicted molar refractivity (Wildman–Crippen MR) is 114 cm³/mol. The first kappa shape index (κ1) is 21.8. The molecule has 1 amide bonds. The van der Waals surface area contributed by atoms with Crippen LogP contribution in [0.15, 0.2) is 48.5 Å². The molecule has 30 heavy (non-hydrogen) atoms. The SMILES string of the molecule is COc1c(C(=O)C(O)c2ccccc2)cccc1C1CCCN1C(=O)OC(C)(C)C. The largest absolute Gasteiger partial charge is 0.496 e. The van der Waals surface area contributed by atoms with Crippen molar-refractivity contribution in [2.75, 3.05) is 13.7 Å². The van der Waals surface area contributed by atoms with Crippen molar-refractivity contribution in [2.24, 2.45) is 0 Å². The molecule has 160 valence electrons. The fourth-order valence-corrected chi connectivity index (χ4v) is 3.80. The highest BCUT2D eigenvalue weighted by Crippen LogP contribution is 2.40. The molecule has 2 aromatic rings. The number of rotatable bonds is 5. The summed E-state index contributed by atoms with van der Waals surface area (Å²) in [5.74, 6) is -0.0559. The maximum atomic E-state index is 13.1. The molecule has 0 saturated carbocycles. The number of likely N-dealkylation sites (tertiary alicyclic amines) is 1. The topological polar surface area (TPSA) is 76.1 Å². The van der Waals surface area contributed by atoms with Crippen molar-refractivity contribution in [3.63, 3.8) is 0 Å². The van der Waals surface area contributed by atoms with E-state index in [1.165, 1.54) is 7.11 Å². The summed E-state index contributed by atoms with van der Waals surface area (Å²) in [7, 11) is 1.50. The molecule has 0 spiro atoms. The van der Waals surface area contributed by atoms with E-state index in [2.05, 4.69) is 0 Å². The van der Waals surface area contributed by atoms with E-state index in [9.17, 15) is 14.7 Å². The van der Waals surface area contributed by atoms with E-state index in [1.54, 1.807) is 41.3 Å². The molecule has 1 saturated heterocycles. The number of para-hydroxylation sites is 1. The third-order valence-electron chi connectivity index (χ3n) is 5.12. The van der Waals surface area contributed by atoms with E-state index in [1.807, 2.05) is 32.9 Å². The molecular weight excluding hydrogens is 382 g/mol. The number of ether oxygens (including phenoxy) is 2. The van der Waals surface area contributed by atoms with Crippen molar-refractivity contribution in [3.8, 4) is 5.75 Å². The quantitative estimate of drug-likeness (QED) is 0.723. The minimum Gasteiger partial charge on any atom is -0.496 e. The maximum Gasteiger partial charge on any atom is 0.410 e. The Hall–Kier alpha value is -2.86. The van der Waals surface area contributed by atoms with Gasteiger partial charge in [-0.3, -0.25) is 4.79 Å². The zero-order chi connectivity index (χ0) is 21.9. The first-order valence-electron chi connectivity index (χ1n) is 10.2. The number of carbonyl (C=O) groups is 2. The monoisotopic (exact) mass is 411 g/mol. The smallest absolute Gasteiger partial charge is 0.410 e. The van der Waals surface area contributed by atoms with Gasteiger partial charge in [0.05, 0.1) is 18.7 Å². The van der Waals surface area contributed by atoms with Gasteiger partial charge in [0.15, 0.2) is 5.78 Å². The first-order chi connectivity index (χ1) is 14.2. The van der Waals surface area contributed by atoms with Gasteiger partial charge < -0.3 is 19.5 Å². The van der Waals surface area contributed by atoms with Crippen LogP contribution in [0.5, 0.6) is 5.75 Å². The van der Waals surface area contributed by atoms with E-state index < -0.39 is 17.5 Å². The highest BCUT2D eigenvalue weighted by molar-refractivity contribution is 6.02. The number of nitrogens with zero attached hydrogens (tertiary/aromatic N) is 1. The number of ketones is 1. The Morgan fingerprint density at radius 1 is 1.10 bits per heavy atom. The molecule has 3 rings (SSSR count). The molecule has 1 heterocycles. The highest BCUT2D eigenvalue weighted by Gasteiger charge is 2.36. The van der Waals surface area contributed by atoms with Gasteiger partial charge in [-0.1, -0.05) is 42.5 Å². The lowest BCUT2D eigenvalue weighted by molar-refractivity contribution is 0.0223. The van der Waals surface area contributed by atoms with Gasteiger partial charge in [-0.25, -0.2) is 4.79 Å². The molecule has 1 aliphatic rings. The van der Waals surface area contributed by atoms with E-state index in [0.29, 0.717) is 23.4 Å². The molecule has 1 N–H and O–H groups in total. The molecule has 0 aliphatic carbocycles. The van der Waals surface area contributed by atoms with Gasteiger partial charge in [-0.05, 0) is 45.2 Å². The van der Waals surface area contributed by atoms with Crippen molar-refractivity contribution in [1.82, 2.24) is 4.90 Å². The van der Waals surface area contributed by atoms with Crippen molar-refractivity contribution in [1.29, 1.82) is 0 Å². The van der Waals surface area contributed by atoms with Crippen LogP contribution >= 0.6 is 0 Å². The molecule has 0 bridgehead atoms. The number of benzene rings is 2. The summed E-state index contributed by atoms with van der Waals surface area (Å²) in [5.41, 5.74) is 0.965. The molecule has 2 atom stereocenters. The van der Waals surface area contributed by atoms with Crippen LogP contribution in [0.2, 0.25) is 0 Å². The minimum absolute atomic E-state index is 0.253. The lowest BCUT2D eigenvalue weighted by Crippen LogP contribution is -2.36. The number of carbonyl (C=O) groups excluding carboxylic acids is 2. The molecule has 6 nitrogen and oxygen atoms in total. The molecule has 0 radical (unpaired) electrons. The van der Waals surface area contributed by atoms with E-state index >= 15 is 0 Å². The fourth-order valence-electron chi connectivity index (χ4n) is 3.80. The zero-order valence-electron chi connectivity index (χ0n) is 17.9. The Kier molecular flexibility index (Phi) is 6.46. The van der Waals surface area contributed by atoms with Crippen molar-refractivity contribution in [2.45, 2.75) is 51.4 Å². The Labute approximate surface area is 177 Å². The third kappa shape index (κ3) is 4.65. The summed E-state index contributed by atoms with van der Waals surface area (Å²) in [6, 6.07) is 13.8. The van der Waals surface area contributed by atoms with E-state index in [-0.39, 0.29) is 12.1 Å². The molecule has 1 aliphatic heterocycles. The fraction of sp³-hybridized carbons (Fsp3) is 0.417. The number of methoxy groups -OCH3 is 1. The van der Waals surface area contributed by atoms with Crippen LogP contribution in [-0.2, 0) is 4.74 Å². The van der Waals surface area contributed by atoms with Gasteiger partial charge in [-0.15, -0.1) is 0 Å². The Bertz CT molecular complexity index is 904. The summed E-state index contributed by atoms with van der Waals surface area (Å²) < 4.78 is 11.2. The normalized spacial score (nSPS) is 17.5. The van der Waals surface area contributed by atoms with Crippen LogP contribution < -0.4 is 4.74 Å². The molecular formula is C24H29NO5. The average Bonchev–Trinajstić information content (AvgIpc) is 3.21. The Morgan fingerprint density at radius 3 is 2.43 bits per heavy atom. The Balaban J connectivity index is 1.93. The summed E-state index contributed by atoms with van der Waals surface area (Å²) in [6.45, 7) is 6.08. The van der Waals surface area contributed by atoms with Crippen LogP contribution in [0, 0.1) is 0 Å². The number of hydrogen-bond donors (Lipinski definition) is 1. The molecule has 2 unspecified atom stereocenters. The lowest BCUT2D eigenvalue weighted by atomic mass is 9.94. The van der Waals surface area contributed by atoms with Crippen LogP contribution in [0.4, 0.5) is 4.79 Å². The van der Waals surface area contributed by atoms with Gasteiger partial charge in [0.2, 0.25) is 0 Å². The lowest BCUT2D eigenvalue weighted by Gasteiger charge is -2.30. The minimum atomic E-state index is -1.29. The van der Waals surface area contributed by atoms with Crippen LogP contribution in [0.1, 0.15) is 67.2 Å². The predicted octanol–water partition coefficient (Wildman–Crippen LogP) is 4.68. The van der Waals surface area contributed by atoms with Crippen molar-refractivity contribution in [3.05, 3.63) is 65.2 Å². The molecule has 1 fully saturated rings. The van der Waals surface area contributed by atoms with Crippen LogP contribution in [-0.4, -0.2) is 41.1 Å². The van der Waals surface area contributed by atoms with Crippen LogP contribution in [0.3, 0.4) is 0 Å². The van der Waals surface area contributed by atoms with Crippen molar-refractivity contribution >= 4 is 11.9 Å². The second kappa shape index (κ2) is 8.88. The third-order valence-corrected chi connectivity index (χ3v) is 5.12. The van der Waals surface area contributed by atoms with Gasteiger partial charge >= 0.3 is 6.09 Å². The van der Waals surface area contributed by atoms with E-state index in [4.69, 9.17) is 9.47 Å². The number of hydrogen-bond acceptors (Lipinski definition) is 5. The van der Waals surface area contributed by atoms with Gasteiger partial charge in [0.1, 0.15) is 17.5 Å². The number of aliphatic hydroxyl groups excluding tert-OH is 1. The van der Waals surface area contributed by atoms with Gasteiger partial charge in [0, 0.05) is 12.1 Å². The highest BCUT2D eigenvalue weighted by atomic mass is 16.6. The second-order valence-corrected chi connectivity index (χ2v) is 8.44. The summed E-state index contributed by atoms with van der Waals surface area (Å²) in [4.78, 5) is 27.5. The standard InChI is InChI=1S/C24H29NO5/c1-24(2,3)30-23(28)25-15-9-14-19(25)17-12-8-13-18(22(17)29-4)21(27)20(26)16-10-6-5-7-11-16/h5-8,10-13,19-20,26H,9,14-15H2,1-4H3. The molecule has 2 aromatic carbocycles. The van der Waals surface area contributed by atoms with Gasteiger partial charge in [0.25, 0.3) is 0 Å².